The van der Waals surface area contributed by atoms with Crippen molar-refractivity contribution in [3.05, 3.63) is 23.8 Å². The van der Waals surface area contributed by atoms with Crippen molar-refractivity contribution in [2.24, 2.45) is 5.73 Å². The number of carbonyl (C=O) groups is 2. The maximum atomic E-state index is 12.9. The summed E-state index contributed by atoms with van der Waals surface area (Å²) in [5.41, 5.74) is 7.01. The second-order valence-corrected chi connectivity index (χ2v) is 6.15. The topological polar surface area (TPSA) is 87.9 Å². The highest BCUT2D eigenvalue weighted by atomic mass is 16.5. The fourth-order valence-electron chi connectivity index (χ4n) is 3.41. The second-order valence-electron chi connectivity index (χ2n) is 6.15. The predicted octanol–water partition coefficient (Wildman–Crippen LogP) is 1.18. The number of rotatable bonds is 4. The fourth-order valence-corrected chi connectivity index (χ4v) is 3.41. The number of carbonyl (C=O) groups excluding carboxylic acids is 2. The summed E-state index contributed by atoms with van der Waals surface area (Å²) < 4.78 is 5.36. The van der Waals surface area contributed by atoms with Crippen LogP contribution in [0.25, 0.3) is 0 Å². The Balaban J connectivity index is 1.90. The van der Waals surface area contributed by atoms with Crippen molar-refractivity contribution < 1.29 is 14.3 Å². The van der Waals surface area contributed by atoms with E-state index in [2.05, 4.69) is 5.32 Å². The first-order valence-corrected chi connectivity index (χ1v) is 8.40. The molecule has 2 aliphatic heterocycles. The number of amides is 3. The van der Waals surface area contributed by atoms with Crippen molar-refractivity contribution >= 4 is 17.6 Å². The molecule has 1 aromatic carbocycles. The van der Waals surface area contributed by atoms with Crippen LogP contribution < -0.4 is 20.7 Å². The highest BCUT2D eigenvalue weighted by Gasteiger charge is 2.29. The summed E-state index contributed by atoms with van der Waals surface area (Å²) >= 11 is 0. The molecule has 0 saturated carbocycles. The minimum Gasteiger partial charge on any atom is -0.495 e. The van der Waals surface area contributed by atoms with Crippen molar-refractivity contribution in [3.63, 3.8) is 0 Å². The summed E-state index contributed by atoms with van der Waals surface area (Å²) in [6.07, 6.45) is 3.05. The molecule has 0 spiro atoms. The minimum absolute atomic E-state index is 0.0336. The van der Waals surface area contributed by atoms with Crippen LogP contribution in [0.2, 0.25) is 0 Å². The normalized spacial score (nSPS) is 20.9. The van der Waals surface area contributed by atoms with Gasteiger partial charge in [-0.3, -0.25) is 9.69 Å². The van der Waals surface area contributed by atoms with Gasteiger partial charge in [0.05, 0.1) is 12.8 Å². The van der Waals surface area contributed by atoms with Gasteiger partial charge in [0.25, 0.3) is 5.91 Å². The van der Waals surface area contributed by atoms with Crippen LogP contribution in [-0.4, -0.2) is 56.2 Å². The Hall–Kier alpha value is -2.28. The third-order valence-corrected chi connectivity index (χ3v) is 4.73. The van der Waals surface area contributed by atoms with Gasteiger partial charge in [-0.1, -0.05) is 0 Å². The number of benzene rings is 1. The molecular formula is C17H24N4O3. The highest BCUT2D eigenvalue weighted by molar-refractivity contribution is 6.00. The number of anilines is 1. The molecule has 2 heterocycles. The molecule has 0 aliphatic carbocycles. The summed E-state index contributed by atoms with van der Waals surface area (Å²) in [5, 5.41) is 2.77. The standard InChI is InChI=1S/C17H24N4O3/c1-24-15-6-5-12(10-14(15)21-9-7-19-17(21)23)16(22)20-8-3-2-4-13(20)11-18/h5-6,10,13H,2-4,7-9,11,18H2,1H3,(H,19,23)/t13-/m1/s1. The number of urea groups is 1. The van der Waals surface area contributed by atoms with Gasteiger partial charge in [-0.25, -0.2) is 4.79 Å². The number of ether oxygens (including phenoxy) is 1. The smallest absolute Gasteiger partial charge is 0.322 e. The van der Waals surface area contributed by atoms with Gasteiger partial charge in [-0.15, -0.1) is 0 Å². The van der Waals surface area contributed by atoms with Gasteiger partial charge in [0.15, 0.2) is 0 Å². The van der Waals surface area contributed by atoms with Gasteiger partial charge in [-0.2, -0.15) is 0 Å². The molecule has 3 rings (SSSR count). The molecule has 2 aliphatic rings. The Bertz CT molecular complexity index is 634. The molecule has 0 radical (unpaired) electrons. The molecule has 3 amide bonds. The molecule has 2 saturated heterocycles. The summed E-state index contributed by atoms with van der Waals surface area (Å²) in [4.78, 5) is 28.4. The first-order chi connectivity index (χ1) is 11.7. The van der Waals surface area contributed by atoms with E-state index in [1.54, 1.807) is 30.2 Å². The fraction of sp³-hybridized carbons (Fsp3) is 0.529. The average Bonchev–Trinajstić information content (AvgIpc) is 3.06. The SMILES string of the molecule is COc1ccc(C(=O)N2CCCC[C@@H]2CN)cc1N1CCNC1=O. The van der Waals surface area contributed by atoms with E-state index in [9.17, 15) is 9.59 Å². The lowest BCUT2D eigenvalue weighted by Gasteiger charge is -2.35. The third kappa shape index (κ3) is 3.03. The quantitative estimate of drug-likeness (QED) is 0.866. The van der Waals surface area contributed by atoms with Crippen molar-refractivity contribution in [1.29, 1.82) is 0 Å². The Morgan fingerprint density at radius 1 is 1.38 bits per heavy atom. The molecular weight excluding hydrogens is 308 g/mol. The van der Waals surface area contributed by atoms with Crippen LogP contribution in [0.15, 0.2) is 18.2 Å². The molecule has 7 nitrogen and oxygen atoms in total. The predicted molar refractivity (Wildman–Crippen MR) is 91.5 cm³/mol. The van der Waals surface area contributed by atoms with Gasteiger partial charge in [-0.05, 0) is 37.5 Å². The zero-order valence-corrected chi connectivity index (χ0v) is 14.0. The Morgan fingerprint density at radius 3 is 2.88 bits per heavy atom. The molecule has 1 atom stereocenters. The number of nitrogens with two attached hydrogens (primary N) is 1. The molecule has 3 N–H and O–H groups in total. The second kappa shape index (κ2) is 7.09. The number of piperidine rings is 1. The maximum absolute atomic E-state index is 12.9. The Kier molecular flexibility index (Phi) is 4.89. The average molecular weight is 332 g/mol. The zero-order valence-electron chi connectivity index (χ0n) is 14.0. The van der Waals surface area contributed by atoms with E-state index in [1.165, 1.54) is 0 Å². The van der Waals surface area contributed by atoms with Gasteiger partial charge >= 0.3 is 6.03 Å². The van der Waals surface area contributed by atoms with Crippen LogP contribution in [0, 0.1) is 0 Å². The van der Waals surface area contributed by atoms with Crippen molar-refractivity contribution in [1.82, 2.24) is 10.2 Å². The number of hydrogen-bond donors (Lipinski definition) is 2. The summed E-state index contributed by atoms with van der Waals surface area (Å²) in [6, 6.07) is 5.16. The van der Waals surface area contributed by atoms with Crippen LogP contribution >= 0.6 is 0 Å². The van der Waals surface area contributed by atoms with Crippen LogP contribution in [0.1, 0.15) is 29.6 Å². The molecule has 0 bridgehead atoms. The van der Waals surface area contributed by atoms with Crippen molar-refractivity contribution in [2.45, 2.75) is 25.3 Å². The summed E-state index contributed by atoms with van der Waals surface area (Å²) in [6.45, 7) is 2.35. The molecule has 0 aromatic heterocycles. The van der Waals surface area contributed by atoms with E-state index in [4.69, 9.17) is 10.5 Å². The van der Waals surface area contributed by atoms with E-state index in [0.717, 1.165) is 25.8 Å². The van der Waals surface area contributed by atoms with Crippen LogP contribution in [-0.2, 0) is 0 Å². The van der Waals surface area contributed by atoms with Crippen molar-refractivity contribution in [2.75, 3.05) is 38.2 Å². The minimum atomic E-state index is -0.171. The van der Waals surface area contributed by atoms with Crippen LogP contribution in [0.5, 0.6) is 5.75 Å². The highest BCUT2D eigenvalue weighted by Crippen LogP contribution is 2.31. The van der Waals surface area contributed by atoms with E-state index < -0.39 is 0 Å². The number of hydrogen-bond acceptors (Lipinski definition) is 4. The summed E-state index contributed by atoms with van der Waals surface area (Å²) in [7, 11) is 1.56. The molecule has 7 heteroatoms. The molecule has 130 valence electrons. The van der Waals surface area contributed by atoms with Crippen molar-refractivity contribution in [3.8, 4) is 5.75 Å². The van der Waals surface area contributed by atoms with Gasteiger partial charge < -0.3 is 20.7 Å². The van der Waals surface area contributed by atoms with Gasteiger partial charge in [0.2, 0.25) is 0 Å². The Labute approximate surface area is 141 Å². The monoisotopic (exact) mass is 332 g/mol. The first kappa shape index (κ1) is 16.6. The van der Waals surface area contributed by atoms with Crippen LogP contribution in [0.3, 0.4) is 0 Å². The number of methoxy groups -OCH3 is 1. The number of nitrogens with one attached hydrogen (secondary N) is 1. The third-order valence-electron chi connectivity index (χ3n) is 4.73. The molecule has 0 unspecified atom stereocenters. The lowest BCUT2D eigenvalue weighted by molar-refractivity contribution is 0.0623. The van der Waals surface area contributed by atoms with E-state index in [1.807, 2.05) is 4.90 Å². The zero-order chi connectivity index (χ0) is 17.1. The van der Waals surface area contributed by atoms with E-state index in [-0.39, 0.29) is 18.0 Å². The molecule has 2 fully saturated rings. The Morgan fingerprint density at radius 2 is 2.21 bits per heavy atom. The van der Waals surface area contributed by atoms with E-state index >= 15 is 0 Å². The lowest BCUT2D eigenvalue weighted by atomic mass is 10.0. The first-order valence-electron chi connectivity index (χ1n) is 8.40. The summed E-state index contributed by atoms with van der Waals surface area (Å²) in [5.74, 6) is 0.547. The van der Waals surface area contributed by atoms with E-state index in [0.29, 0.717) is 36.6 Å². The lowest BCUT2D eigenvalue weighted by Crippen LogP contribution is -2.47. The van der Waals surface area contributed by atoms with Crippen LogP contribution in [0.4, 0.5) is 10.5 Å². The maximum Gasteiger partial charge on any atom is 0.322 e. The molecule has 24 heavy (non-hydrogen) atoms. The number of likely N-dealkylation sites (tertiary alicyclic amines) is 1. The number of nitrogens with zero attached hydrogens (tertiary/aromatic N) is 2. The van der Waals surface area contributed by atoms with Gasteiger partial charge in [0, 0.05) is 37.8 Å². The largest absolute Gasteiger partial charge is 0.495 e. The van der Waals surface area contributed by atoms with Gasteiger partial charge in [0.1, 0.15) is 5.75 Å². The molecule has 1 aromatic rings.